The lowest BCUT2D eigenvalue weighted by Crippen LogP contribution is -2.27. The third-order valence-corrected chi connectivity index (χ3v) is 2.25. The predicted molar refractivity (Wildman–Crippen MR) is 61.2 cm³/mol. The lowest BCUT2D eigenvalue weighted by atomic mass is 10.1. The Kier molecular flexibility index (Phi) is 5.53. The number of hydrogen-bond acceptors (Lipinski definition) is 3. The summed E-state index contributed by atoms with van der Waals surface area (Å²) in [7, 11) is 0. The SMILES string of the molecule is NCCOC(CCc1ccccc1)C(=O)O. The van der Waals surface area contributed by atoms with Crippen molar-refractivity contribution in [1.82, 2.24) is 0 Å². The van der Waals surface area contributed by atoms with E-state index in [9.17, 15) is 4.79 Å². The molecule has 0 spiro atoms. The molecule has 0 aliphatic heterocycles. The molecule has 0 saturated carbocycles. The minimum absolute atomic E-state index is 0.283. The Morgan fingerprint density at radius 3 is 2.62 bits per heavy atom. The van der Waals surface area contributed by atoms with Gasteiger partial charge in [-0.2, -0.15) is 0 Å². The van der Waals surface area contributed by atoms with E-state index in [1.165, 1.54) is 0 Å². The van der Waals surface area contributed by atoms with Crippen molar-refractivity contribution in [3.8, 4) is 0 Å². The minimum Gasteiger partial charge on any atom is -0.479 e. The van der Waals surface area contributed by atoms with Gasteiger partial charge in [0, 0.05) is 6.54 Å². The van der Waals surface area contributed by atoms with Crippen LogP contribution in [0, 0.1) is 0 Å². The molecule has 1 atom stereocenters. The molecular weight excluding hydrogens is 206 g/mol. The van der Waals surface area contributed by atoms with Crippen molar-refractivity contribution in [2.45, 2.75) is 18.9 Å². The lowest BCUT2D eigenvalue weighted by molar-refractivity contribution is -0.150. The van der Waals surface area contributed by atoms with Gasteiger partial charge < -0.3 is 15.6 Å². The summed E-state index contributed by atoms with van der Waals surface area (Å²) in [4.78, 5) is 10.9. The van der Waals surface area contributed by atoms with Crippen molar-refractivity contribution in [2.24, 2.45) is 5.73 Å². The molecule has 0 saturated heterocycles. The fourth-order valence-corrected chi connectivity index (χ4v) is 1.43. The van der Waals surface area contributed by atoms with Crippen LogP contribution in [0.1, 0.15) is 12.0 Å². The maximum atomic E-state index is 10.9. The number of hydrogen-bond donors (Lipinski definition) is 2. The molecule has 16 heavy (non-hydrogen) atoms. The van der Waals surface area contributed by atoms with E-state index in [1.807, 2.05) is 30.3 Å². The Morgan fingerprint density at radius 1 is 1.38 bits per heavy atom. The summed E-state index contributed by atoms with van der Waals surface area (Å²) in [6, 6.07) is 9.75. The van der Waals surface area contributed by atoms with Crippen LogP contribution in [-0.4, -0.2) is 30.3 Å². The van der Waals surface area contributed by atoms with Crippen molar-refractivity contribution in [3.05, 3.63) is 35.9 Å². The molecule has 0 fully saturated rings. The van der Waals surface area contributed by atoms with Crippen LogP contribution >= 0.6 is 0 Å². The summed E-state index contributed by atoms with van der Waals surface area (Å²) in [6.45, 7) is 0.626. The van der Waals surface area contributed by atoms with Gasteiger partial charge >= 0.3 is 5.97 Å². The van der Waals surface area contributed by atoms with E-state index in [0.29, 0.717) is 19.4 Å². The van der Waals surface area contributed by atoms with Crippen LogP contribution in [0.15, 0.2) is 30.3 Å². The zero-order chi connectivity index (χ0) is 11.8. The first-order valence-electron chi connectivity index (χ1n) is 5.32. The summed E-state index contributed by atoms with van der Waals surface area (Å²) >= 11 is 0. The Bertz CT molecular complexity index is 313. The fraction of sp³-hybridized carbons (Fsp3) is 0.417. The van der Waals surface area contributed by atoms with E-state index in [-0.39, 0.29) is 6.61 Å². The molecule has 1 rings (SSSR count). The van der Waals surface area contributed by atoms with Crippen molar-refractivity contribution in [3.63, 3.8) is 0 Å². The summed E-state index contributed by atoms with van der Waals surface area (Å²) in [5.74, 6) is -0.926. The molecule has 0 bridgehead atoms. The molecule has 0 amide bonds. The zero-order valence-corrected chi connectivity index (χ0v) is 9.13. The highest BCUT2D eigenvalue weighted by Crippen LogP contribution is 2.07. The first kappa shape index (κ1) is 12.7. The summed E-state index contributed by atoms with van der Waals surface area (Å²) in [5.41, 5.74) is 6.38. The highest BCUT2D eigenvalue weighted by Gasteiger charge is 2.17. The third-order valence-electron chi connectivity index (χ3n) is 2.25. The summed E-state index contributed by atoms with van der Waals surface area (Å²) < 4.78 is 5.15. The van der Waals surface area contributed by atoms with Crippen molar-refractivity contribution >= 4 is 5.97 Å². The predicted octanol–water partition coefficient (Wildman–Crippen LogP) is 1.05. The minimum atomic E-state index is -0.926. The highest BCUT2D eigenvalue weighted by atomic mass is 16.5. The Balaban J connectivity index is 2.41. The Morgan fingerprint density at radius 2 is 2.06 bits per heavy atom. The van der Waals surface area contributed by atoms with Gasteiger partial charge in [-0.25, -0.2) is 4.79 Å². The second-order valence-electron chi connectivity index (χ2n) is 3.51. The molecule has 0 aliphatic rings. The van der Waals surface area contributed by atoms with Gasteiger partial charge in [0.25, 0.3) is 0 Å². The monoisotopic (exact) mass is 223 g/mol. The van der Waals surface area contributed by atoms with Crippen LogP contribution in [0.5, 0.6) is 0 Å². The number of carboxylic acid groups (broad SMARTS) is 1. The van der Waals surface area contributed by atoms with E-state index >= 15 is 0 Å². The van der Waals surface area contributed by atoms with Crippen molar-refractivity contribution < 1.29 is 14.6 Å². The van der Waals surface area contributed by atoms with Gasteiger partial charge in [0.1, 0.15) is 0 Å². The molecule has 0 radical (unpaired) electrons. The number of benzene rings is 1. The van der Waals surface area contributed by atoms with Crippen molar-refractivity contribution in [2.75, 3.05) is 13.2 Å². The molecule has 88 valence electrons. The van der Waals surface area contributed by atoms with Gasteiger partial charge in [0.2, 0.25) is 0 Å². The second-order valence-corrected chi connectivity index (χ2v) is 3.51. The van der Waals surface area contributed by atoms with Gasteiger partial charge in [0.05, 0.1) is 6.61 Å². The first-order chi connectivity index (χ1) is 7.74. The molecule has 0 aliphatic carbocycles. The smallest absolute Gasteiger partial charge is 0.332 e. The number of nitrogens with two attached hydrogens (primary N) is 1. The zero-order valence-electron chi connectivity index (χ0n) is 9.13. The molecule has 1 aromatic carbocycles. The highest BCUT2D eigenvalue weighted by molar-refractivity contribution is 5.72. The quantitative estimate of drug-likeness (QED) is 0.724. The maximum Gasteiger partial charge on any atom is 0.332 e. The van der Waals surface area contributed by atoms with Crippen LogP contribution in [0.3, 0.4) is 0 Å². The summed E-state index contributed by atoms with van der Waals surface area (Å²) in [5, 5.41) is 8.91. The van der Waals surface area contributed by atoms with E-state index in [1.54, 1.807) is 0 Å². The van der Waals surface area contributed by atoms with Crippen LogP contribution < -0.4 is 5.73 Å². The fourth-order valence-electron chi connectivity index (χ4n) is 1.43. The number of ether oxygens (including phenoxy) is 1. The van der Waals surface area contributed by atoms with E-state index in [0.717, 1.165) is 5.56 Å². The maximum absolute atomic E-state index is 10.9. The largest absolute Gasteiger partial charge is 0.479 e. The van der Waals surface area contributed by atoms with Gasteiger partial charge in [-0.05, 0) is 18.4 Å². The van der Waals surface area contributed by atoms with Crippen LogP contribution in [0.2, 0.25) is 0 Å². The number of carboxylic acids is 1. The van der Waals surface area contributed by atoms with Gasteiger partial charge in [0.15, 0.2) is 6.10 Å². The topological polar surface area (TPSA) is 72.5 Å². The molecular formula is C12H17NO3. The van der Waals surface area contributed by atoms with Crippen LogP contribution in [-0.2, 0) is 16.0 Å². The Hall–Kier alpha value is -1.39. The van der Waals surface area contributed by atoms with E-state index in [4.69, 9.17) is 15.6 Å². The molecule has 0 aromatic heterocycles. The summed E-state index contributed by atoms with van der Waals surface area (Å²) in [6.07, 6.45) is 0.408. The molecule has 0 heterocycles. The van der Waals surface area contributed by atoms with E-state index < -0.39 is 12.1 Å². The van der Waals surface area contributed by atoms with Gasteiger partial charge in [-0.3, -0.25) is 0 Å². The third kappa shape index (κ3) is 4.42. The van der Waals surface area contributed by atoms with E-state index in [2.05, 4.69) is 0 Å². The molecule has 4 heteroatoms. The van der Waals surface area contributed by atoms with Gasteiger partial charge in [-0.15, -0.1) is 0 Å². The number of carbonyl (C=O) groups is 1. The molecule has 1 aromatic rings. The number of aliphatic carboxylic acids is 1. The number of aryl methyl sites for hydroxylation is 1. The second kappa shape index (κ2) is 6.98. The average molecular weight is 223 g/mol. The first-order valence-corrected chi connectivity index (χ1v) is 5.32. The van der Waals surface area contributed by atoms with Crippen LogP contribution in [0.4, 0.5) is 0 Å². The lowest BCUT2D eigenvalue weighted by Gasteiger charge is -2.12. The molecule has 3 N–H and O–H groups in total. The molecule has 1 unspecified atom stereocenters. The van der Waals surface area contributed by atoms with Crippen LogP contribution in [0.25, 0.3) is 0 Å². The molecule has 4 nitrogen and oxygen atoms in total. The average Bonchev–Trinajstić information content (AvgIpc) is 2.30. The standard InChI is InChI=1S/C12H17NO3/c13-8-9-16-11(12(14)15)7-6-10-4-2-1-3-5-10/h1-5,11H,6-9,13H2,(H,14,15). The van der Waals surface area contributed by atoms with Crippen molar-refractivity contribution in [1.29, 1.82) is 0 Å². The van der Waals surface area contributed by atoms with Gasteiger partial charge in [-0.1, -0.05) is 30.3 Å². The number of rotatable bonds is 7. The Labute approximate surface area is 95.0 Å². The normalized spacial score (nSPS) is 12.3.